The fourth-order valence-corrected chi connectivity index (χ4v) is 3.17. The Hall–Kier alpha value is -2.34. The Bertz CT molecular complexity index is 866. The Balaban J connectivity index is 1.93. The number of benzene rings is 1. The van der Waals surface area contributed by atoms with Gasteiger partial charge >= 0.3 is 0 Å². The Labute approximate surface area is 125 Å². The summed E-state index contributed by atoms with van der Waals surface area (Å²) in [5.74, 6) is -0.171. The molecule has 0 saturated carbocycles. The molecule has 0 aliphatic carbocycles. The van der Waals surface area contributed by atoms with E-state index in [1.54, 1.807) is 17.1 Å². The molecule has 3 aromatic rings. The lowest BCUT2D eigenvalue weighted by atomic mass is 9.87. The Kier molecular flexibility index (Phi) is 2.56. The second-order valence-electron chi connectivity index (χ2n) is 5.24. The smallest absolute Gasteiger partial charge is 0.225 e. The van der Waals surface area contributed by atoms with Crippen LogP contribution in [-0.4, -0.2) is 25.9 Å². The van der Waals surface area contributed by atoms with Crippen LogP contribution in [0, 0.1) is 0 Å². The number of fused-ring (bicyclic) bond motifs is 2. The average molecular weight is 302 g/mol. The summed E-state index contributed by atoms with van der Waals surface area (Å²) in [6.07, 6.45) is 3.86. The van der Waals surface area contributed by atoms with E-state index in [1.807, 2.05) is 19.2 Å². The lowest BCUT2D eigenvalue weighted by Crippen LogP contribution is -2.24. The molecule has 3 heterocycles. The molecule has 0 saturated heterocycles. The standard InChI is InChI=1S/C14H12ClN5O/c1-20-6-10(15)14(19-20)9-3-13(21)17-12-4-11-7(2-8(9)12)5-16-18-11/h2,4-6,9H,3H2,1H3,(H,16,18)(H,17,21)/t9-/m1/s1. The quantitative estimate of drug-likeness (QED) is 0.725. The molecule has 0 fully saturated rings. The number of nitrogens with zero attached hydrogens (tertiary/aromatic N) is 3. The van der Waals surface area contributed by atoms with Crippen LogP contribution in [0.15, 0.2) is 24.5 Å². The molecule has 0 radical (unpaired) electrons. The van der Waals surface area contributed by atoms with E-state index in [0.717, 1.165) is 27.8 Å². The van der Waals surface area contributed by atoms with Gasteiger partial charge in [0.1, 0.15) is 0 Å². The number of halogens is 1. The summed E-state index contributed by atoms with van der Waals surface area (Å²) < 4.78 is 1.67. The highest BCUT2D eigenvalue weighted by molar-refractivity contribution is 6.31. The number of hydrogen-bond acceptors (Lipinski definition) is 3. The summed E-state index contributed by atoms with van der Waals surface area (Å²) in [5.41, 5.74) is 3.43. The third-order valence-electron chi connectivity index (χ3n) is 3.79. The van der Waals surface area contributed by atoms with Gasteiger partial charge in [-0.3, -0.25) is 14.6 Å². The molecule has 0 bridgehead atoms. The third kappa shape index (κ3) is 1.91. The Morgan fingerprint density at radius 3 is 3.05 bits per heavy atom. The van der Waals surface area contributed by atoms with Crippen LogP contribution in [0.4, 0.5) is 5.69 Å². The molecule has 21 heavy (non-hydrogen) atoms. The topological polar surface area (TPSA) is 75.6 Å². The number of H-pyrrole nitrogens is 1. The van der Waals surface area contributed by atoms with E-state index in [-0.39, 0.29) is 11.8 Å². The second-order valence-corrected chi connectivity index (χ2v) is 5.64. The summed E-state index contributed by atoms with van der Waals surface area (Å²) in [4.78, 5) is 12.0. The highest BCUT2D eigenvalue weighted by Gasteiger charge is 2.30. The van der Waals surface area contributed by atoms with E-state index in [4.69, 9.17) is 11.6 Å². The van der Waals surface area contributed by atoms with Gasteiger partial charge in [-0.25, -0.2) is 0 Å². The first-order valence-electron chi connectivity index (χ1n) is 6.58. The molecule has 1 atom stereocenters. The van der Waals surface area contributed by atoms with E-state index < -0.39 is 0 Å². The van der Waals surface area contributed by atoms with Gasteiger partial charge in [0.15, 0.2) is 0 Å². The van der Waals surface area contributed by atoms with Gasteiger partial charge in [0.2, 0.25) is 5.91 Å². The number of anilines is 1. The van der Waals surface area contributed by atoms with Crippen LogP contribution in [0.5, 0.6) is 0 Å². The number of carbonyl (C=O) groups excluding carboxylic acids is 1. The molecule has 7 heteroatoms. The normalized spacial score (nSPS) is 17.8. The van der Waals surface area contributed by atoms with E-state index in [1.165, 1.54) is 0 Å². The molecule has 0 spiro atoms. The maximum Gasteiger partial charge on any atom is 0.225 e. The van der Waals surface area contributed by atoms with Crippen molar-refractivity contribution in [3.05, 3.63) is 40.8 Å². The number of aryl methyl sites for hydroxylation is 1. The zero-order valence-corrected chi connectivity index (χ0v) is 12.0. The van der Waals surface area contributed by atoms with Crippen molar-refractivity contribution < 1.29 is 4.79 Å². The average Bonchev–Trinajstić information content (AvgIpc) is 3.01. The summed E-state index contributed by atoms with van der Waals surface area (Å²) in [6, 6.07) is 3.93. The van der Waals surface area contributed by atoms with Crippen molar-refractivity contribution in [3.8, 4) is 0 Å². The number of hydrogen-bond donors (Lipinski definition) is 2. The van der Waals surface area contributed by atoms with Gasteiger partial charge in [0, 0.05) is 36.7 Å². The largest absolute Gasteiger partial charge is 0.326 e. The van der Waals surface area contributed by atoms with Crippen LogP contribution >= 0.6 is 11.6 Å². The molecule has 1 aliphatic rings. The zero-order chi connectivity index (χ0) is 14.6. The summed E-state index contributed by atoms with van der Waals surface area (Å²) in [5, 5.41) is 15.8. The van der Waals surface area contributed by atoms with E-state index in [0.29, 0.717) is 11.4 Å². The second kappa shape index (κ2) is 4.33. The predicted molar refractivity (Wildman–Crippen MR) is 79.4 cm³/mol. The monoisotopic (exact) mass is 301 g/mol. The maximum atomic E-state index is 12.0. The first-order valence-corrected chi connectivity index (χ1v) is 6.95. The molecular weight excluding hydrogens is 290 g/mol. The summed E-state index contributed by atoms with van der Waals surface area (Å²) >= 11 is 6.26. The number of nitrogens with one attached hydrogen (secondary N) is 2. The molecule has 2 N–H and O–H groups in total. The molecule has 0 unspecified atom stereocenters. The number of aromatic nitrogens is 4. The minimum absolute atomic E-state index is 0.0342. The Morgan fingerprint density at radius 1 is 1.43 bits per heavy atom. The van der Waals surface area contributed by atoms with Crippen molar-refractivity contribution in [2.45, 2.75) is 12.3 Å². The minimum atomic E-state index is -0.137. The predicted octanol–water partition coefficient (Wildman–Crippen LogP) is 2.42. The van der Waals surface area contributed by atoms with Crippen molar-refractivity contribution in [1.82, 2.24) is 20.0 Å². The zero-order valence-electron chi connectivity index (χ0n) is 11.2. The van der Waals surface area contributed by atoms with Crippen LogP contribution in [0.1, 0.15) is 23.6 Å². The molecule has 1 aromatic carbocycles. The first-order chi connectivity index (χ1) is 10.1. The van der Waals surface area contributed by atoms with Gasteiger partial charge in [-0.15, -0.1) is 0 Å². The molecule has 6 nitrogen and oxygen atoms in total. The Morgan fingerprint density at radius 2 is 2.29 bits per heavy atom. The van der Waals surface area contributed by atoms with Crippen LogP contribution < -0.4 is 5.32 Å². The molecule has 4 rings (SSSR count). The number of amides is 1. The van der Waals surface area contributed by atoms with Crippen molar-refractivity contribution in [3.63, 3.8) is 0 Å². The van der Waals surface area contributed by atoms with Gasteiger partial charge in [0.25, 0.3) is 0 Å². The molecule has 1 amide bonds. The lowest BCUT2D eigenvalue weighted by molar-refractivity contribution is -0.116. The SMILES string of the molecule is Cn1cc(Cl)c([C@@H]2CC(=O)Nc3cc4[nH]ncc4cc32)n1. The highest BCUT2D eigenvalue weighted by atomic mass is 35.5. The van der Waals surface area contributed by atoms with Gasteiger partial charge in [-0.05, 0) is 17.7 Å². The maximum absolute atomic E-state index is 12.0. The van der Waals surface area contributed by atoms with Crippen molar-refractivity contribution in [1.29, 1.82) is 0 Å². The van der Waals surface area contributed by atoms with Crippen molar-refractivity contribution >= 4 is 34.1 Å². The fourth-order valence-electron chi connectivity index (χ4n) is 2.86. The van der Waals surface area contributed by atoms with Gasteiger partial charge in [-0.2, -0.15) is 10.2 Å². The van der Waals surface area contributed by atoms with E-state index in [9.17, 15) is 4.79 Å². The lowest BCUT2D eigenvalue weighted by Gasteiger charge is -2.24. The highest BCUT2D eigenvalue weighted by Crippen LogP contribution is 2.40. The van der Waals surface area contributed by atoms with Crippen molar-refractivity contribution in [2.75, 3.05) is 5.32 Å². The molecule has 2 aromatic heterocycles. The summed E-state index contributed by atoms with van der Waals surface area (Å²) in [6.45, 7) is 0. The molecule has 106 valence electrons. The third-order valence-corrected chi connectivity index (χ3v) is 4.08. The van der Waals surface area contributed by atoms with Gasteiger partial charge in [0.05, 0.1) is 22.4 Å². The van der Waals surface area contributed by atoms with Crippen LogP contribution in [0.2, 0.25) is 5.02 Å². The number of aromatic amines is 1. The van der Waals surface area contributed by atoms with E-state index >= 15 is 0 Å². The number of rotatable bonds is 1. The molecular formula is C14H12ClN5O. The number of carbonyl (C=O) groups is 1. The van der Waals surface area contributed by atoms with E-state index in [2.05, 4.69) is 20.6 Å². The van der Waals surface area contributed by atoms with Crippen LogP contribution in [0.3, 0.4) is 0 Å². The van der Waals surface area contributed by atoms with Crippen LogP contribution in [-0.2, 0) is 11.8 Å². The van der Waals surface area contributed by atoms with Gasteiger partial charge in [-0.1, -0.05) is 11.6 Å². The minimum Gasteiger partial charge on any atom is -0.326 e. The summed E-state index contributed by atoms with van der Waals surface area (Å²) in [7, 11) is 1.82. The fraction of sp³-hybridized carbons (Fsp3) is 0.214. The first kappa shape index (κ1) is 12.4. The molecule has 1 aliphatic heterocycles. The van der Waals surface area contributed by atoms with Crippen LogP contribution in [0.25, 0.3) is 10.9 Å². The van der Waals surface area contributed by atoms with Gasteiger partial charge < -0.3 is 5.32 Å². The van der Waals surface area contributed by atoms with Crippen molar-refractivity contribution in [2.24, 2.45) is 7.05 Å².